The van der Waals surface area contributed by atoms with E-state index in [0.717, 1.165) is 11.3 Å². The fourth-order valence-corrected chi connectivity index (χ4v) is 2.56. The van der Waals surface area contributed by atoms with Gasteiger partial charge >= 0.3 is 0 Å². The van der Waals surface area contributed by atoms with Crippen LogP contribution in [-0.4, -0.2) is 17.4 Å². The van der Waals surface area contributed by atoms with Crippen molar-refractivity contribution >= 4 is 17.6 Å². The molecular weight excluding hydrogens is 286 g/mol. The van der Waals surface area contributed by atoms with Crippen LogP contribution in [0.15, 0.2) is 65.7 Å². The summed E-state index contributed by atoms with van der Waals surface area (Å²) in [5.41, 5.74) is 1.55. The summed E-state index contributed by atoms with van der Waals surface area (Å²) in [4.78, 5) is 19.3. The Morgan fingerprint density at radius 3 is 2.09 bits per heavy atom. The Labute approximate surface area is 136 Å². The second-order valence-electron chi connectivity index (χ2n) is 6.65. The lowest BCUT2D eigenvalue weighted by Gasteiger charge is -2.27. The summed E-state index contributed by atoms with van der Waals surface area (Å²) in [5.74, 6) is 0.566. The van der Waals surface area contributed by atoms with Crippen LogP contribution < -0.4 is 10.2 Å². The molecule has 1 atom stereocenters. The van der Waals surface area contributed by atoms with Crippen LogP contribution in [-0.2, 0) is 4.79 Å². The van der Waals surface area contributed by atoms with Crippen molar-refractivity contribution in [1.29, 1.82) is 0 Å². The molecule has 1 unspecified atom stereocenters. The van der Waals surface area contributed by atoms with E-state index in [9.17, 15) is 4.79 Å². The second-order valence-corrected chi connectivity index (χ2v) is 6.65. The molecule has 3 rings (SSSR count). The fraction of sp³-hybridized carbons (Fsp3) is 0.263. The molecule has 4 heteroatoms. The minimum absolute atomic E-state index is 0.0332. The van der Waals surface area contributed by atoms with Crippen LogP contribution in [0.25, 0.3) is 0 Å². The van der Waals surface area contributed by atoms with Gasteiger partial charge in [-0.2, -0.15) is 0 Å². The average molecular weight is 307 g/mol. The normalized spacial score (nSPS) is 18.0. The van der Waals surface area contributed by atoms with Gasteiger partial charge in [-0.05, 0) is 38.5 Å². The van der Waals surface area contributed by atoms with Gasteiger partial charge in [0.1, 0.15) is 0 Å². The summed E-state index contributed by atoms with van der Waals surface area (Å²) < 4.78 is 0. The molecule has 118 valence electrons. The topological polar surface area (TPSA) is 44.7 Å². The highest BCUT2D eigenvalue weighted by Crippen LogP contribution is 2.30. The van der Waals surface area contributed by atoms with Crippen molar-refractivity contribution in [1.82, 2.24) is 5.32 Å². The lowest BCUT2D eigenvalue weighted by Crippen LogP contribution is -2.49. The number of para-hydroxylation sites is 1. The molecule has 0 fully saturated rings. The number of aliphatic imine (C=N–C) groups is 1. The Balaban J connectivity index is 2.01. The van der Waals surface area contributed by atoms with Gasteiger partial charge in [-0.25, -0.2) is 9.89 Å². The van der Waals surface area contributed by atoms with E-state index in [1.54, 1.807) is 4.90 Å². The summed E-state index contributed by atoms with van der Waals surface area (Å²) >= 11 is 0. The van der Waals surface area contributed by atoms with Crippen LogP contribution in [0.2, 0.25) is 0 Å². The number of carbonyl (C=O) groups excluding carboxylic acids is 1. The quantitative estimate of drug-likeness (QED) is 0.922. The Morgan fingerprint density at radius 2 is 1.52 bits per heavy atom. The molecule has 0 aromatic heterocycles. The molecule has 0 aliphatic carbocycles. The monoisotopic (exact) mass is 307 g/mol. The molecule has 0 saturated heterocycles. The summed E-state index contributed by atoms with van der Waals surface area (Å²) in [6, 6.07) is 18.8. The number of nitrogens with zero attached hydrogens (tertiary/aromatic N) is 2. The summed E-state index contributed by atoms with van der Waals surface area (Å²) in [6.07, 6.45) is 0. The lowest BCUT2D eigenvalue weighted by atomic mass is 10.1. The summed E-state index contributed by atoms with van der Waals surface area (Å²) in [5, 5.41) is 3.35. The maximum Gasteiger partial charge on any atom is 0.263 e. The molecule has 1 aliphatic rings. The molecule has 0 saturated carbocycles. The van der Waals surface area contributed by atoms with E-state index < -0.39 is 6.04 Å². The summed E-state index contributed by atoms with van der Waals surface area (Å²) in [7, 11) is 0. The number of guanidine groups is 1. The van der Waals surface area contributed by atoms with Crippen molar-refractivity contribution in [3.8, 4) is 0 Å². The van der Waals surface area contributed by atoms with Gasteiger partial charge in [-0.1, -0.05) is 48.5 Å². The van der Waals surface area contributed by atoms with Gasteiger partial charge in [0.05, 0.1) is 5.69 Å². The minimum atomic E-state index is -0.499. The van der Waals surface area contributed by atoms with E-state index in [-0.39, 0.29) is 11.4 Å². The van der Waals surface area contributed by atoms with Crippen LogP contribution in [0.5, 0.6) is 0 Å². The third kappa shape index (κ3) is 3.26. The highest BCUT2D eigenvalue weighted by molar-refractivity contribution is 6.22. The van der Waals surface area contributed by atoms with Gasteiger partial charge < -0.3 is 5.32 Å². The van der Waals surface area contributed by atoms with E-state index in [1.807, 2.05) is 60.7 Å². The number of hydrogen-bond acceptors (Lipinski definition) is 3. The standard InChI is InChI=1S/C19H21N3O/c1-19(2,3)21-18-20-16(14-10-6-4-7-11-14)17(23)22(18)15-12-8-5-9-13-15/h4-13,16H,1-3H3,(H,20,21). The first-order valence-corrected chi connectivity index (χ1v) is 7.76. The molecule has 0 spiro atoms. The number of rotatable bonds is 2. The van der Waals surface area contributed by atoms with E-state index in [0.29, 0.717) is 5.96 Å². The Morgan fingerprint density at radius 1 is 0.957 bits per heavy atom. The number of benzene rings is 2. The Bertz CT molecular complexity index is 717. The molecular formula is C19H21N3O. The number of hydrogen-bond donors (Lipinski definition) is 1. The molecule has 0 bridgehead atoms. The zero-order chi connectivity index (χ0) is 16.4. The van der Waals surface area contributed by atoms with Crippen LogP contribution >= 0.6 is 0 Å². The first-order valence-electron chi connectivity index (χ1n) is 7.76. The molecule has 2 aromatic carbocycles. The van der Waals surface area contributed by atoms with E-state index in [1.165, 1.54) is 0 Å². The van der Waals surface area contributed by atoms with Gasteiger partial charge in [0.15, 0.2) is 6.04 Å². The number of amides is 1. The predicted molar refractivity (Wildman–Crippen MR) is 93.4 cm³/mol. The number of anilines is 1. The maximum absolute atomic E-state index is 13.0. The van der Waals surface area contributed by atoms with E-state index in [4.69, 9.17) is 0 Å². The SMILES string of the molecule is CC(C)(C)NC1=NC(c2ccccc2)C(=O)N1c1ccccc1. The zero-order valence-electron chi connectivity index (χ0n) is 13.7. The smallest absolute Gasteiger partial charge is 0.263 e. The van der Waals surface area contributed by atoms with Crippen molar-refractivity contribution in [2.75, 3.05) is 4.90 Å². The van der Waals surface area contributed by atoms with E-state index in [2.05, 4.69) is 31.1 Å². The van der Waals surface area contributed by atoms with Crippen molar-refractivity contribution in [3.63, 3.8) is 0 Å². The Kier molecular flexibility index (Phi) is 3.90. The van der Waals surface area contributed by atoms with Crippen LogP contribution in [0.1, 0.15) is 32.4 Å². The fourth-order valence-electron chi connectivity index (χ4n) is 2.56. The van der Waals surface area contributed by atoms with E-state index >= 15 is 0 Å². The van der Waals surface area contributed by atoms with Crippen molar-refractivity contribution in [2.45, 2.75) is 32.4 Å². The summed E-state index contributed by atoms with van der Waals surface area (Å²) in [6.45, 7) is 6.16. The van der Waals surface area contributed by atoms with Gasteiger partial charge in [0, 0.05) is 5.54 Å². The maximum atomic E-state index is 13.0. The molecule has 1 aliphatic heterocycles. The molecule has 1 heterocycles. The third-order valence-electron chi connectivity index (χ3n) is 3.53. The molecule has 2 aromatic rings. The zero-order valence-corrected chi connectivity index (χ0v) is 13.7. The van der Waals surface area contributed by atoms with Gasteiger partial charge in [0.2, 0.25) is 5.96 Å². The van der Waals surface area contributed by atoms with Gasteiger partial charge in [0.25, 0.3) is 5.91 Å². The van der Waals surface area contributed by atoms with Crippen molar-refractivity contribution < 1.29 is 4.79 Å². The second kappa shape index (κ2) is 5.88. The first-order chi connectivity index (χ1) is 11.0. The van der Waals surface area contributed by atoms with Crippen LogP contribution in [0.4, 0.5) is 5.69 Å². The number of carbonyl (C=O) groups is 1. The molecule has 4 nitrogen and oxygen atoms in total. The highest BCUT2D eigenvalue weighted by Gasteiger charge is 2.37. The number of nitrogens with one attached hydrogen (secondary N) is 1. The van der Waals surface area contributed by atoms with Gasteiger partial charge in [-0.3, -0.25) is 4.79 Å². The molecule has 1 N–H and O–H groups in total. The molecule has 23 heavy (non-hydrogen) atoms. The average Bonchev–Trinajstić information content (AvgIpc) is 2.83. The molecule has 1 amide bonds. The van der Waals surface area contributed by atoms with Crippen molar-refractivity contribution in [3.05, 3.63) is 66.2 Å². The minimum Gasteiger partial charge on any atom is -0.351 e. The molecule has 0 radical (unpaired) electrons. The van der Waals surface area contributed by atoms with Crippen LogP contribution in [0.3, 0.4) is 0 Å². The predicted octanol–water partition coefficient (Wildman–Crippen LogP) is 3.52. The third-order valence-corrected chi connectivity index (χ3v) is 3.53. The van der Waals surface area contributed by atoms with Crippen LogP contribution in [0, 0.1) is 0 Å². The Hall–Kier alpha value is -2.62. The lowest BCUT2D eigenvalue weighted by molar-refractivity contribution is -0.118. The largest absolute Gasteiger partial charge is 0.351 e. The highest BCUT2D eigenvalue weighted by atomic mass is 16.2. The first kappa shape index (κ1) is 15.3. The van der Waals surface area contributed by atoms with Crippen molar-refractivity contribution in [2.24, 2.45) is 4.99 Å². The van der Waals surface area contributed by atoms with Gasteiger partial charge in [-0.15, -0.1) is 0 Å².